The van der Waals surface area contributed by atoms with E-state index >= 15 is 0 Å². The van der Waals surface area contributed by atoms with Crippen molar-refractivity contribution in [1.29, 1.82) is 21.0 Å². The first-order valence-electron chi connectivity index (χ1n) is 14.7. The molecule has 3 heterocycles. The summed E-state index contributed by atoms with van der Waals surface area (Å²) in [7, 11) is 2.63. The lowest BCUT2D eigenvalue weighted by Crippen LogP contribution is -2.05. The van der Waals surface area contributed by atoms with Gasteiger partial charge in [0.15, 0.2) is 5.78 Å². The highest BCUT2D eigenvalue weighted by molar-refractivity contribution is 5.97. The summed E-state index contributed by atoms with van der Waals surface area (Å²) in [5.41, 5.74) is 8.26. The summed E-state index contributed by atoms with van der Waals surface area (Å²) in [6.07, 6.45) is 4.43. The normalized spacial score (nSPS) is 10.2. The van der Waals surface area contributed by atoms with Gasteiger partial charge < -0.3 is 24.4 Å². The zero-order valence-corrected chi connectivity index (χ0v) is 27.2. The first kappa shape index (κ1) is 35.4. The van der Waals surface area contributed by atoms with Crippen molar-refractivity contribution in [2.24, 2.45) is 0 Å². The van der Waals surface area contributed by atoms with Crippen molar-refractivity contribution in [3.63, 3.8) is 0 Å². The number of hydrogen-bond donors (Lipinski definition) is 3. The number of H-pyrrole nitrogens is 3. The Balaban J connectivity index is 2.14. The highest BCUT2D eigenvalue weighted by atomic mass is 16.5. The topological polar surface area (TPSA) is 212 Å². The van der Waals surface area contributed by atoms with Crippen molar-refractivity contribution in [2.45, 2.75) is 66.2 Å². The van der Waals surface area contributed by atoms with Crippen LogP contribution in [0.1, 0.15) is 92.1 Å². The SMILES string of the molecule is COC(=O)CCc1c(Cc2[nH]c(Cc3[nH]c(C=C(C#N)C#N)c(C)c3CCC(=O)OC)c(C(C)=O)c2C)[nH]c(C=C(C#N)C#N)c1C. The molecule has 47 heavy (non-hydrogen) atoms. The fourth-order valence-electron chi connectivity index (χ4n) is 5.69. The van der Waals surface area contributed by atoms with Gasteiger partial charge in [-0.2, -0.15) is 21.0 Å². The molecule has 0 bridgehead atoms. The van der Waals surface area contributed by atoms with Gasteiger partial charge in [-0.1, -0.05) is 0 Å². The molecular formula is C35H35N7O5. The maximum Gasteiger partial charge on any atom is 0.305 e. The van der Waals surface area contributed by atoms with Crippen LogP contribution in [0.15, 0.2) is 11.1 Å². The summed E-state index contributed by atoms with van der Waals surface area (Å²) >= 11 is 0. The van der Waals surface area contributed by atoms with Gasteiger partial charge in [-0.15, -0.1) is 0 Å². The molecule has 12 heteroatoms. The minimum atomic E-state index is -0.388. The van der Waals surface area contributed by atoms with Gasteiger partial charge in [0, 0.05) is 65.4 Å². The minimum absolute atomic E-state index is 0.0762. The number of allylic oxidation sites excluding steroid dienone is 2. The number of nitriles is 4. The van der Waals surface area contributed by atoms with Crippen LogP contribution in [0.5, 0.6) is 0 Å². The second kappa shape index (κ2) is 15.8. The molecule has 0 unspecified atom stereocenters. The van der Waals surface area contributed by atoms with E-state index < -0.39 is 0 Å². The van der Waals surface area contributed by atoms with E-state index in [1.807, 2.05) is 45.0 Å². The number of esters is 2. The molecular weight excluding hydrogens is 598 g/mol. The summed E-state index contributed by atoms with van der Waals surface area (Å²) < 4.78 is 9.66. The molecule has 3 aromatic heterocycles. The molecule has 0 atom stereocenters. The molecule has 0 amide bonds. The average molecular weight is 634 g/mol. The Morgan fingerprint density at radius 3 is 1.40 bits per heavy atom. The Morgan fingerprint density at radius 1 is 0.638 bits per heavy atom. The number of carbonyl (C=O) groups excluding carboxylic acids is 3. The van der Waals surface area contributed by atoms with Crippen molar-refractivity contribution >= 4 is 29.9 Å². The van der Waals surface area contributed by atoms with E-state index in [0.29, 0.717) is 47.6 Å². The van der Waals surface area contributed by atoms with Crippen LogP contribution >= 0.6 is 0 Å². The molecule has 240 valence electrons. The number of ether oxygens (including phenoxy) is 2. The van der Waals surface area contributed by atoms with Crippen LogP contribution in [0.2, 0.25) is 0 Å². The Morgan fingerprint density at radius 2 is 1.04 bits per heavy atom. The van der Waals surface area contributed by atoms with Crippen molar-refractivity contribution in [2.75, 3.05) is 14.2 Å². The molecule has 3 N–H and O–H groups in total. The molecule has 3 rings (SSSR count). The van der Waals surface area contributed by atoms with Gasteiger partial charge in [0.1, 0.15) is 35.4 Å². The number of methoxy groups -OCH3 is 2. The number of rotatable bonds is 13. The number of carbonyl (C=O) groups is 3. The zero-order chi connectivity index (χ0) is 34.8. The Hall–Kier alpha value is -6.11. The Bertz CT molecular complexity index is 1920. The highest BCUT2D eigenvalue weighted by Crippen LogP contribution is 2.30. The van der Waals surface area contributed by atoms with Crippen LogP contribution in [-0.2, 0) is 44.7 Å². The number of nitrogens with one attached hydrogen (secondary N) is 3. The summed E-state index contributed by atoms with van der Waals surface area (Å²) in [6, 6.07) is 7.45. The van der Waals surface area contributed by atoms with E-state index in [-0.39, 0.29) is 48.1 Å². The van der Waals surface area contributed by atoms with E-state index in [1.165, 1.54) is 33.3 Å². The van der Waals surface area contributed by atoms with Crippen molar-refractivity contribution in [3.8, 4) is 24.3 Å². The monoisotopic (exact) mass is 633 g/mol. The number of aromatic amines is 3. The summed E-state index contributed by atoms with van der Waals surface area (Å²) in [6.45, 7) is 7.01. The minimum Gasteiger partial charge on any atom is -0.469 e. The third-order valence-electron chi connectivity index (χ3n) is 8.18. The molecule has 0 aliphatic carbocycles. The summed E-state index contributed by atoms with van der Waals surface area (Å²) in [4.78, 5) is 47.1. The Labute approximate surface area is 272 Å². The second-order valence-electron chi connectivity index (χ2n) is 10.9. The molecule has 12 nitrogen and oxygen atoms in total. The van der Waals surface area contributed by atoms with E-state index in [9.17, 15) is 35.4 Å². The molecule has 0 saturated carbocycles. The van der Waals surface area contributed by atoms with Crippen molar-refractivity contribution < 1.29 is 23.9 Å². The van der Waals surface area contributed by atoms with Crippen LogP contribution in [0.4, 0.5) is 0 Å². The lowest BCUT2D eigenvalue weighted by molar-refractivity contribution is -0.141. The molecule has 0 saturated heterocycles. The maximum atomic E-state index is 13.0. The van der Waals surface area contributed by atoms with Gasteiger partial charge in [-0.3, -0.25) is 14.4 Å². The number of Topliss-reactive ketones (excluding diaryl/α,β-unsaturated/α-hetero) is 1. The predicted molar refractivity (Wildman–Crippen MR) is 171 cm³/mol. The smallest absolute Gasteiger partial charge is 0.305 e. The van der Waals surface area contributed by atoms with E-state index in [1.54, 1.807) is 0 Å². The van der Waals surface area contributed by atoms with Crippen LogP contribution in [0.25, 0.3) is 12.2 Å². The lowest BCUT2D eigenvalue weighted by atomic mass is 9.98. The number of nitrogens with zero attached hydrogens (tertiary/aromatic N) is 4. The number of aromatic nitrogens is 3. The number of hydrogen-bond acceptors (Lipinski definition) is 9. The molecule has 0 aliphatic heterocycles. The van der Waals surface area contributed by atoms with E-state index in [0.717, 1.165) is 39.2 Å². The molecule has 0 fully saturated rings. The van der Waals surface area contributed by atoms with Crippen LogP contribution in [0.3, 0.4) is 0 Å². The second-order valence-corrected chi connectivity index (χ2v) is 10.9. The van der Waals surface area contributed by atoms with Crippen LogP contribution < -0.4 is 0 Å². The predicted octanol–water partition coefficient (Wildman–Crippen LogP) is 5.05. The third kappa shape index (κ3) is 8.14. The quantitative estimate of drug-likeness (QED) is 0.130. The third-order valence-corrected chi connectivity index (χ3v) is 8.18. The number of ketones is 1. The highest BCUT2D eigenvalue weighted by Gasteiger charge is 2.24. The van der Waals surface area contributed by atoms with Crippen LogP contribution in [0, 0.1) is 66.1 Å². The average Bonchev–Trinajstić information content (AvgIpc) is 3.64. The van der Waals surface area contributed by atoms with Gasteiger partial charge >= 0.3 is 11.9 Å². The fourth-order valence-corrected chi connectivity index (χ4v) is 5.69. The molecule has 0 radical (unpaired) electrons. The maximum absolute atomic E-state index is 13.0. The first-order valence-corrected chi connectivity index (χ1v) is 14.7. The summed E-state index contributed by atoms with van der Waals surface area (Å²) in [5, 5.41) is 37.2. The van der Waals surface area contributed by atoms with Gasteiger partial charge in [0.2, 0.25) is 0 Å². The lowest BCUT2D eigenvalue weighted by Gasteiger charge is -2.07. The first-order chi connectivity index (χ1) is 22.4. The van der Waals surface area contributed by atoms with Crippen molar-refractivity contribution in [3.05, 3.63) is 78.7 Å². The molecule has 0 aromatic carbocycles. The van der Waals surface area contributed by atoms with Gasteiger partial charge in [0.05, 0.1) is 14.2 Å². The van der Waals surface area contributed by atoms with Crippen molar-refractivity contribution in [1.82, 2.24) is 15.0 Å². The van der Waals surface area contributed by atoms with Gasteiger partial charge in [-0.05, 0) is 80.5 Å². The standard InChI is InChI=1S/C35H35N7O5/c1-19-25(7-9-33(44)46-5)30(40-27(19)11-23(15-36)16-37)13-29-21(3)35(22(4)43)32(42-29)14-31-26(8-10-34(45)47-6)20(2)28(41-31)12-24(17-38)18-39/h11-12,40-42H,7-10,13-14H2,1-6H3. The van der Waals surface area contributed by atoms with Gasteiger partial charge in [0.25, 0.3) is 0 Å². The largest absolute Gasteiger partial charge is 0.469 e. The molecule has 0 spiro atoms. The molecule has 0 aliphatic rings. The Kier molecular flexibility index (Phi) is 11.9. The van der Waals surface area contributed by atoms with Crippen LogP contribution in [-0.4, -0.2) is 46.9 Å². The van der Waals surface area contributed by atoms with E-state index in [2.05, 4.69) is 15.0 Å². The van der Waals surface area contributed by atoms with Gasteiger partial charge in [-0.25, -0.2) is 0 Å². The zero-order valence-electron chi connectivity index (χ0n) is 27.2. The van der Waals surface area contributed by atoms with E-state index in [4.69, 9.17) is 9.47 Å². The summed E-state index contributed by atoms with van der Waals surface area (Å²) in [5.74, 6) is -0.919. The fraction of sp³-hybridized carbons (Fsp3) is 0.343. The molecule has 3 aromatic rings.